The molecule has 3 rings (SSSR count). The number of nitrogens with zero attached hydrogens (tertiary/aromatic N) is 3. The zero-order valence-corrected chi connectivity index (χ0v) is 12.6. The highest BCUT2D eigenvalue weighted by Crippen LogP contribution is 2.34. The minimum Gasteiger partial charge on any atom is -0.394 e. The van der Waals surface area contributed by atoms with E-state index in [-0.39, 0.29) is 12.8 Å². The van der Waals surface area contributed by atoms with Crippen LogP contribution in [0.25, 0.3) is 11.0 Å². The van der Waals surface area contributed by atoms with Gasteiger partial charge in [-0.2, -0.15) is 0 Å². The Morgan fingerprint density at radius 3 is 3.00 bits per heavy atom. The van der Waals surface area contributed by atoms with Gasteiger partial charge < -0.3 is 19.5 Å². The molecule has 102 valence electrons. The molecule has 0 saturated carbocycles. The van der Waals surface area contributed by atoms with Crippen LogP contribution in [0.2, 0.25) is 5.15 Å². The number of hydrogen-bond acceptors (Lipinski definition) is 5. The molecule has 1 aliphatic rings. The second-order valence-electron chi connectivity index (χ2n) is 4.36. The maximum Gasteiger partial charge on any atom is 0.148 e. The van der Waals surface area contributed by atoms with Crippen molar-refractivity contribution in [1.29, 1.82) is 0 Å². The quantitative estimate of drug-likeness (QED) is 0.592. The van der Waals surface area contributed by atoms with Crippen LogP contribution in [0.15, 0.2) is 12.5 Å². The molecule has 0 aromatic carbocycles. The average Bonchev–Trinajstić information content (AvgIpc) is 2.91. The number of hydrogen-bond donors (Lipinski definition) is 2. The fraction of sp³-hybridized carbons (Fsp3) is 0.455. The van der Waals surface area contributed by atoms with E-state index in [0.717, 1.165) is 8.96 Å². The molecule has 2 N–H and O–H groups in total. The summed E-state index contributed by atoms with van der Waals surface area (Å²) in [4.78, 5) is 8.18. The number of fused-ring (bicyclic) bond motifs is 1. The third-order valence-electron chi connectivity index (χ3n) is 3.21. The van der Waals surface area contributed by atoms with E-state index in [0.29, 0.717) is 17.2 Å². The summed E-state index contributed by atoms with van der Waals surface area (Å²) in [6.07, 6.45) is 2.07. The number of aliphatic hydroxyl groups excluding tert-OH is 2. The number of aliphatic hydroxyl groups is 2. The zero-order valence-electron chi connectivity index (χ0n) is 9.70. The van der Waals surface area contributed by atoms with Crippen LogP contribution in [-0.2, 0) is 4.74 Å². The van der Waals surface area contributed by atoms with Crippen molar-refractivity contribution < 1.29 is 14.9 Å². The molecule has 6 nitrogen and oxygen atoms in total. The molecule has 0 bridgehead atoms. The Hall–Kier alpha value is -0.480. The molecule has 0 spiro atoms. The van der Waals surface area contributed by atoms with Crippen molar-refractivity contribution in [3.63, 3.8) is 0 Å². The van der Waals surface area contributed by atoms with E-state index in [1.807, 2.05) is 10.8 Å². The maximum absolute atomic E-state index is 9.80. The number of halogens is 2. The smallest absolute Gasteiger partial charge is 0.148 e. The van der Waals surface area contributed by atoms with E-state index in [1.165, 1.54) is 6.33 Å². The van der Waals surface area contributed by atoms with Crippen molar-refractivity contribution in [2.24, 2.45) is 0 Å². The second kappa shape index (κ2) is 5.13. The van der Waals surface area contributed by atoms with Crippen LogP contribution >= 0.6 is 34.2 Å². The molecule has 8 heteroatoms. The summed E-state index contributed by atoms with van der Waals surface area (Å²) >= 11 is 8.23. The van der Waals surface area contributed by atoms with E-state index in [4.69, 9.17) is 21.4 Å². The lowest BCUT2D eigenvalue weighted by atomic mass is 10.2. The molecule has 19 heavy (non-hydrogen) atoms. The first-order valence-electron chi connectivity index (χ1n) is 5.72. The SMILES string of the molecule is OC[C@H]1O[C@@H](n2cc(I)c3c(Cl)ncnc32)C[C@@H]1O. The van der Waals surface area contributed by atoms with Crippen molar-refractivity contribution in [3.05, 3.63) is 21.2 Å². The fourth-order valence-corrected chi connectivity index (χ4v) is 3.46. The fourth-order valence-electron chi connectivity index (χ4n) is 2.27. The Labute approximate surface area is 127 Å². The van der Waals surface area contributed by atoms with E-state index >= 15 is 0 Å². The molecule has 0 radical (unpaired) electrons. The summed E-state index contributed by atoms with van der Waals surface area (Å²) < 4.78 is 8.37. The van der Waals surface area contributed by atoms with E-state index < -0.39 is 12.2 Å². The van der Waals surface area contributed by atoms with Crippen molar-refractivity contribution >= 4 is 45.2 Å². The average molecular weight is 396 g/mol. The minimum atomic E-state index is -0.678. The molecule has 2 aromatic rings. The van der Waals surface area contributed by atoms with Crippen LogP contribution < -0.4 is 0 Å². The van der Waals surface area contributed by atoms with Gasteiger partial charge >= 0.3 is 0 Å². The lowest BCUT2D eigenvalue weighted by Crippen LogP contribution is -2.24. The van der Waals surface area contributed by atoms with E-state index in [9.17, 15) is 5.11 Å². The van der Waals surface area contributed by atoms with Crippen LogP contribution in [0.4, 0.5) is 0 Å². The zero-order chi connectivity index (χ0) is 13.6. The van der Waals surface area contributed by atoms with Crippen LogP contribution in [0.1, 0.15) is 12.6 Å². The van der Waals surface area contributed by atoms with Gasteiger partial charge in [0.1, 0.15) is 29.5 Å². The van der Waals surface area contributed by atoms with Gasteiger partial charge in [0.25, 0.3) is 0 Å². The van der Waals surface area contributed by atoms with E-state index in [1.54, 1.807) is 0 Å². The molecule has 0 amide bonds. The third-order valence-corrected chi connectivity index (χ3v) is 4.32. The summed E-state index contributed by atoms with van der Waals surface area (Å²) in [6.45, 7) is -0.205. The lowest BCUT2D eigenvalue weighted by Gasteiger charge is -2.14. The predicted octanol–water partition coefficient (Wildman–Crippen LogP) is 1.33. The molecule has 1 fully saturated rings. The van der Waals surface area contributed by atoms with Gasteiger partial charge in [0, 0.05) is 16.2 Å². The normalized spacial score (nSPS) is 27.3. The van der Waals surface area contributed by atoms with Crippen molar-refractivity contribution in [2.45, 2.75) is 24.9 Å². The molecular weight excluding hydrogens is 384 g/mol. The number of ether oxygens (including phenoxy) is 1. The summed E-state index contributed by atoms with van der Waals surface area (Å²) in [7, 11) is 0. The molecule has 1 saturated heterocycles. The van der Waals surface area contributed by atoms with Crippen LogP contribution in [0.5, 0.6) is 0 Å². The highest BCUT2D eigenvalue weighted by Gasteiger charge is 2.35. The molecule has 0 unspecified atom stereocenters. The van der Waals surface area contributed by atoms with Gasteiger partial charge in [-0.25, -0.2) is 9.97 Å². The Bertz CT molecular complexity index is 620. The Morgan fingerprint density at radius 1 is 1.53 bits per heavy atom. The standard InChI is InChI=1S/C11H11ClIN3O3/c12-10-9-5(13)2-16(11(9)15-4-14-10)8-1-6(18)7(3-17)19-8/h2,4,6-8,17-18H,1,3H2/t6-,7+,8+/m0/s1. The topological polar surface area (TPSA) is 80.4 Å². The van der Waals surface area contributed by atoms with Gasteiger partial charge in [-0.1, -0.05) is 11.6 Å². The Kier molecular flexibility index (Phi) is 3.65. The lowest BCUT2D eigenvalue weighted by molar-refractivity contribution is -0.0430. The predicted molar refractivity (Wildman–Crippen MR) is 76.9 cm³/mol. The monoisotopic (exact) mass is 395 g/mol. The summed E-state index contributed by atoms with van der Waals surface area (Å²) in [5, 5.41) is 20.1. The van der Waals surface area contributed by atoms with Crippen molar-refractivity contribution in [3.8, 4) is 0 Å². The third kappa shape index (κ3) is 2.23. The van der Waals surface area contributed by atoms with Crippen molar-refractivity contribution in [2.75, 3.05) is 6.61 Å². The van der Waals surface area contributed by atoms with Crippen LogP contribution in [0.3, 0.4) is 0 Å². The summed E-state index contributed by atoms with van der Waals surface area (Å²) in [5.74, 6) is 0. The Balaban J connectivity index is 2.05. The first kappa shape index (κ1) is 13.5. The van der Waals surface area contributed by atoms with Gasteiger partial charge in [-0.15, -0.1) is 0 Å². The molecular formula is C11H11ClIN3O3. The van der Waals surface area contributed by atoms with E-state index in [2.05, 4.69) is 32.6 Å². The van der Waals surface area contributed by atoms with Crippen LogP contribution in [-0.4, -0.2) is 43.6 Å². The first-order chi connectivity index (χ1) is 9.11. The van der Waals surface area contributed by atoms with Crippen LogP contribution in [0, 0.1) is 3.57 Å². The molecule has 3 atom stereocenters. The molecule has 0 aliphatic carbocycles. The largest absolute Gasteiger partial charge is 0.394 e. The molecule has 1 aliphatic heterocycles. The first-order valence-corrected chi connectivity index (χ1v) is 7.18. The number of rotatable bonds is 2. The van der Waals surface area contributed by atoms with Gasteiger partial charge in [0.2, 0.25) is 0 Å². The van der Waals surface area contributed by atoms with Gasteiger partial charge in [-0.05, 0) is 22.6 Å². The second-order valence-corrected chi connectivity index (χ2v) is 5.88. The Morgan fingerprint density at radius 2 is 2.32 bits per heavy atom. The van der Waals surface area contributed by atoms with Crippen molar-refractivity contribution in [1.82, 2.24) is 14.5 Å². The maximum atomic E-state index is 9.80. The summed E-state index contributed by atoms with van der Waals surface area (Å²) in [5.41, 5.74) is 0.667. The van der Waals surface area contributed by atoms with Gasteiger partial charge in [0.15, 0.2) is 0 Å². The van der Waals surface area contributed by atoms with Gasteiger partial charge in [-0.3, -0.25) is 0 Å². The molecule has 3 heterocycles. The highest BCUT2D eigenvalue weighted by atomic mass is 127. The number of aromatic nitrogens is 3. The highest BCUT2D eigenvalue weighted by molar-refractivity contribution is 14.1. The van der Waals surface area contributed by atoms with Gasteiger partial charge in [0.05, 0.1) is 18.1 Å². The summed E-state index contributed by atoms with van der Waals surface area (Å²) in [6, 6.07) is 0. The molecule has 2 aromatic heterocycles. The minimum absolute atomic E-state index is 0.205.